The summed E-state index contributed by atoms with van der Waals surface area (Å²) in [5, 5.41) is 11.0. The number of rotatable bonds is 4. The van der Waals surface area contributed by atoms with Gasteiger partial charge in [0.2, 0.25) is 0 Å². The lowest BCUT2D eigenvalue weighted by molar-refractivity contribution is 1.29. The van der Waals surface area contributed by atoms with Crippen molar-refractivity contribution < 1.29 is 0 Å². The highest BCUT2D eigenvalue weighted by molar-refractivity contribution is 7.27. The standard InChI is InChI=1S/C48H33NS2Si/c1-52(2)45-26-24-39-37-11-5-8-14-43(37)51-48(39)47(45)40-23-21-36(29-46(40)52)49(35-22-25-44-41(28-35)38-12-6-7-13-42(38)50-44)34-19-17-31(18-20-34)33-16-15-30-9-3-4-10-32(30)27-33/h3-29H,1-2H3. The normalized spacial score (nSPS) is 13.3. The van der Waals surface area contributed by atoms with Crippen LogP contribution in [0.5, 0.6) is 0 Å². The molecule has 0 bridgehead atoms. The predicted molar refractivity (Wildman–Crippen MR) is 232 cm³/mol. The van der Waals surface area contributed by atoms with Crippen LogP contribution in [0.4, 0.5) is 17.1 Å². The largest absolute Gasteiger partial charge is 0.310 e. The van der Waals surface area contributed by atoms with Gasteiger partial charge in [0.15, 0.2) is 0 Å². The summed E-state index contributed by atoms with van der Waals surface area (Å²) in [6, 6.07) is 61.3. The molecule has 1 aliphatic rings. The zero-order chi connectivity index (χ0) is 34.6. The molecule has 0 radical (unpaired) electrons. The molecule has 3 heterocycles. The minimum Gasteiger partial charge on any atom is -0.310 e. The molecular weight excluding hydrogens is 683 g/mol. The fourth-order valence-electron chi connectivity index (χ4n) is 8.60. The summed E-state index contributed by atoms with van der Waals surface area (Å²) in [6.07, 6.45) is 0. The third kappa shape index (κ3) is 4.45. The van der Waals surface area contributed by atoms with Gasteiger partial charge in [0, 0.05) is 57.4 Å². The Labute approximate surface area is 311 Å². The van der Waals surface area contributed by atoms with E-state index in [-0.39, 0.29) is 0 Å². The van der Waals surface area contributed by atoms with Crippen molar-refractivity contribution in [2.75, 3.05) is 4.90 Å². The van der Waals surface area contributed by atoms with E-state index < -0.39 is 8.07 Å². The number of nitrogens with zero attached hydrogens (tertiary/aromatic N) is 1. The van der Waals surface area contributed by atoms with E-state index in [1.807, 2.05) is 22.7 Å². The molecule has 0 N–H and O–H groups in total. The first-order valence-electron chi connectivity index (χ1n) is 17.9. The maximum atomic E-state index is 2.53. The molecular formula is C48H33NS2Si. The lowest BCUT2D eigenvalue weighted by Gasteiger charge is -2.28. The van der Waals surface area contributed by atoms with Gasteiger partial charge in [0.1, 0.15) is 8.07 Å². The molecule has 0 fully saturated rings. The van der Waals surface area contributed by atoms with E-state index in [0.29, 0.717) is 0 Å². The maximum absolute atomic E-state index is 2.53. The van der Waals surface area contributed by atoms with Crippen LogP contribution < -0.4 is 15.3 Å². The van der Waals surface area contributed by atoms with Crippen LogP contribution in [-0.2, 0) is 0 Å². The second-order valence-electron chi connectivity index (χ2n) is 14.5. The molecule has 0 unspecified atom stereocenters. The number of hydrogen-bond donors (Lipinski definition) is 0. The van der Waals surface area contributed by atoms with Gasteiger partial charge in [-0.2, -0.15) is 0 Å². The summed E-state index contributed by atoms with van der Waals surface area (Å²) in [5.74, 6) is 0. The van der Waals surface area contributed by atoms with Crippen LogP contribution in [0, 0.1) is 0 Å². The Morgan fingerprint density at radius 3 is 1.88 bits per heavy atom. The first-order valence-corrected chi connectivity index (χ1v) is 22.5. The molecule has 0 aliphatic carbocycles. The molecule has 10 aromatic rings. The third-order valence-corrected chi connectivity index (χ3v) is 17.1. The Kier molecular flexibility index (Phi) is 6.51. The quantitative estimate of drug-likeness (QED) is 0.164. The van der Waals surface area contributed by atoms with Crippen LogP contribution in [0.2, 0.25) is 13.1 Å². The SMILES string of the molecule is C[Si]1(C)c2cc(N(c3ccc(-c4ccc5ccccc5c4)cc3)c3ccc4sc5ccccc5c4c3)ccc2-c2c1ccc1c2sc2ccccc21. The van der Waals surface area contributed by atoms with E-state index in [9.17, 15) is 0 Å². The van der Waals surface area contributed by atoms with Crippen LogP contribution in [-0.4, -0.2) is 8.07 Å². The van der Waals surface area contributed by atoms with Crippen LogP contribution in [0.25, 0.3) is 73.4 Å². The van der Waals surface area contributed by atoms with E-state index in [2.05, 4.69) is 182 Å². The molecule has 1 aliphatic heterocycles. The van der Waals surface area contributed by atoms with Gasteiger partial charge in [0.25, 0.3) is 0 Å². The number of benzene rings is 8. The Morgan fingerprint density at radius 2 is 1.06 bits per heavy atom. The summed E-state index contributed by atoms with van der Waals surface area (Å²) in [7, 11) is -1.99. The van der Waals surface area contributed by atoms with Crippen molar-refractivity contribution in [2.45, 2.75) is 13.1 Å². The Hall–Kier alpha value is -5.52. The number of thiophene rings is 2. The summed E-state index contributed by atoms with van der Waals surface area (Å²) >= 11 is 3.82. The Morgan fingerprint density at radius 1 is 0.423 bits per heavy atom. The molecule has 52 heavy (non-hydrogen) atoms. The van der Waals surface area contributed by atoms with Crippen molar-refractivity contribution >= 4 is 109 Å². The van der Waals surface area contributed by atoms with Crippen molar-refractivity contribution in [3.05, 3.63) is 164 Å². The summed E-state index contributed by atoms with van der Waals surface area (Å²) in [5.41, 5.74) is 8.88. The van der Waals surface area contributed by atoms with Gasteiger partial charge in [-0.1, -0.05) is 116 Å². The fraction of sp³-hybridized carbons (Fsp3) is 0.0417. The highest BCUT2D eigenvalue weighted by Gasteiger charge is 2.39. The summed E-state index contributed by atoms with van der Waals surface area (Å²) < 4.78 is 5.45. The highest BCUT2D eigenvalue weighted by atomic mass is 32.1. The van der Waals surface area contributed by atoms with Crippen LogP contribution in [0.15, 0.2) is 164 Å². The van der Waals surface area contributed by atoms with Gasteiger partial charge in [0.05, 0.1) is 0 Å². The van der Waals surface area contributed by atoms with Crippen molar-refractivity contribution in [2.24, 2.45) is 0 Å². The number of anilines is 3. The number of fused-ring (bicyclic) bond motifs is 11. The van der Waals surface area contributed by atoms with Gasteiger partial charge in [-0.25, -0.2) is 0 Å². The van der Waals surface area contributed by atoms with Crippen molar-refractivity contribution in [1.29, 1.82) is 0 Å². The molecule has 246 valence electrons. The molecule has 0 spiro atoms. The van der Waals surface area contributed by atoms with Crippen LogP contribution in [0.1, 0.15) is 0 Å². The predicted octanol–water partition coefficient (Wildman–Crippen LogP) is 13.5. The zero-order valence-corrected chi connectivity index (χ0v) is 31.5. The lowest BCUT2D eigenvalue weighted by Crippen LogP contribution is -2.49. The van der Waals surface area contributed by atoms with Gasteiger partial charge >= 0.3 is 0 Å². The Bertz CT molecular complexity index is 3060. The first kappa shape index (κ1) is 30.1. The number of hydrogen-bond acceptors (Lipinski definition) is 3. The molecule has 2 aromatic heterocycles. The zero-order valence-electron chi connectivity index (χ0n) is 28.9. The van der Waals surface area contributed by atoms with Crippen molar-refractivity contribution in [1.82, 2.24) is 0 Å². The third-order valence-electron chi connectivity index (χ3n) is 11.3. The van der Waals surface area contributed by atoms with E-state index in [0.717, 1.165) is 5.69 Å². The van der Waals surface area contributed by atoms with Gasteiger partial charge in [-0.05, 0) is 104 Å². The van der Waals surface area contributed by atoms with E-state index in [1.54, 1.807) is 5.19 Å². The molecule has 0 saturated heterocycles. The van der Waals surface area contributed by atoms with Gasteiger partial charge in [-0.15, -0.1) is 22.7 Å². The smallest absolute Gasteiger partial charge is 0.114 e. The van der Waals surface area contributed by atoms with Crippen LogP contribution >= 0.6 is 22.7 Å². The summed E-state index contributed by atoms with van der Waals surface area (Å²) in [4.78, 5) is 2.47. The second kappa shape index (κ2) is 11.2. The highest BCUT2D eigenvalue weighted by Crippen LogP contribution is 2.45. The molecule has 4 heteroatoms. The topological polar surface area (TPSA) is 3.24 Å². The molecule has 11 rings (SSSR count). The molecule has 0 saturated carbocycles. The maximum Gasteiger partial charge on any atom is 0.114 e. The monoisotopic (exact) mass is 715 g/mol. The van der Waals surface area contributed by atoms with Crippen molar-refractivity contribution in [3.8, 4) is 22.3 Å². The van der Waals surface area contributed by atoms with Crippen LogP contribution in [0.3, 0.4) is 0 Å². The fourth-order valence-corrected chi connectivity index (χ4v) is 14.1. The second-order valence-corrected chi connectivity index (χ2v) is 21.0. The lowest BCUT2D eigenvalue weighted by atomic mass is 10.0. The average Bonchev–Trinajstić information content (AvgIpc) is 3.82. The Balaban J connectivity index is 1.09. The van der Waals surface area contributed by atoms with E-state index >= 15 is 0 Å². The minimum atomic E-state index is -1.99. The van der Waals surface area contributed by atoms with E-state index in [4.69, 9.17) is 0 Å². The van der Waals surface area contributed by atoms with Gasteiger partial charge in [-0.3, -0.25) is 0 Å². The van der Waals surface area contributed by atoms with Gasteiger partial charge < -0.3 is 4.90 Å². The first-order chi connectivity index (χ1) is 25.5. The average molecular weight is 716 g/mol. The molecule has 1 nitrogen and oxygen atoms in total. The van der Waals surface area contributed by atoms with Crippen molar-refractivity contribution in [3.63, 3.8) is 0 Å². The van der Waals surface area contributed by atoms with E-state index in [1.165, 1.54) is 89.9 Å². The molecule has 8 aromatic carbocycles. The molecule has 0 amide bonds. The summed E-state index contributed by atoms with van der Waals surface area (Å²) in [6.45, 7) is 5.07. The minimum absolute atomic E-state index is 1.16. The molecule has 0 atom stereocenters.